The fourth-order valence-electron chi connectivity index (χ4n) is 1.36. The van der Waals surface area contributed by atoms with E-state index in [9.17, 15) is 9.59 Å². The summed E-state index contributed by atoms with van der Waals surface area (Å²) in [5.41, 5.74) is -0.820. The standard InChI is InChI=1S/C11H14ClNO4/c1-11(2,6-8(14)15)13(3)10(16)9-7(12)4-5-17-9/h4-5H,6H2,1-3H3,(H,14,15). The second kappa shape index (κ2) is 4.79. The van der Waals surface area contributed by atoms with Gasteiger partial charge in [-0.15, -0.1) is 0 Å². The molecule has 0 bridgehead atoms. The van der Waals surface area contributed by atoms with Crippen LogP contribution in [0.1, 0.15) is 30.8 Å². The monoisotopic (exact) mass is 259 g/mol. The number of carbonyl (C=O) groups is 2. The van der Waals surface area contributed by atoms with E-state index in [4.69, 9.17) is 21.1 Å². The van der Waals surface area contributed by atoms with Gasteiger partial charge in [-0.3, -0.25) is 9.59 Å². The van der Waals surface area contributed by atoms with Gasteiger partial charge < -0.3 is 14.4 Å². The number of rotatable bonds is 4. The predicted molar refractivity (Wildman–Crippen MR) is 62.1 cm³/mol. The van der Waals surface area contributed by atoms with Gasteiger partial charge in [0.2, 0.25) is 5.76 Å². The fraction of sp³-hybridized carbons (Fsp3) is 0.455. The van der Waals surface area contributed by atoms with Gasteiger partial charge in [-0.25, -0.2) is 0 Å². The van der Waals surface area contributed by atoms with E-state index in [1.54, 1.807) is 13.8 Å². The molecule has 0 saturated carbocycles. The summed E-state index contributed by atoms with van der Waals surface area (Å²) in [5, 5.41) is 8.99. The van der Waals surface area contributed by atoms with Gasteiger partial charge in [0.1, 0.15) is 0 Å². The Balaban J connectivity index is 2.90. The number of amides is 1. The highest BCUT2D eigenvalue weighted by molar-refractivity contribution is 6.33. The molecule has 0 aromatic carbocycles. The lowest BCUT2D eigenvalue weighted by Crippen LogP contribution is -2.46. The molecule has 1 aromatic rings. The Kier molecular flexibility index (Phi) is 3.83. The molecule has 0 aliphatic carbocycles. The first-order valence-corrected chi connectivity index (χ1v) is 5.36. The molecule has 1 heterocycles. The van der Waals surface area contributed by atoms with Gasteiger partial charge in [0.25, 0.3) is 5.91 Å². The number of carboxylic acids is 1. The summed E-state index contributed by atoms with van der Waals surface area (Å²) in [6.45, 7) is 3.33. The third-order valence-corrected chi connectivity index (χ3v) is 2.91. The van der Waals surface area contributed by atoms with Gasteiger partial charge in [-0.05, 0) is 19.9 Å². The van der Waals surface area contributed by atoms with E-state index in [2.05, 4.69) is 0 Å². The molecule has 6 heteroatoms. The summed E-state index contributed by atoms with van der Waals surface area (Å²) in [6, 6.07) is 1.47. The van der Waals surface area contributed by atoms with Gasteiger partial charge in [-0.1, -0.05) is 11.6 Å². The normalized spacial score (nSPS) is 11.3. The van der Waals surface area contributed by atoms with Gasteiger partial charge in [0.15, 0.2) is 0 Å². The van der Waals surface area contributed by atoms with E-state index in [0.29, 0.717) is 0 Å². The van der Waals surface area contributed by atoms with Crippen molar-refractivity contribution in [2.45, 2.75) is 25.8 Å². The van der Waals surface area contributed by atoms with Gasteiger partial charge in [0.05, 0.1) is 17.7 Å². The second-order valence-corrected chi connectivity index (χ2v) is 4.75. The highest BCUT2D eigenvalue weighted by Gasteiger charge is 2.32. The number of nitrogens with zero attached hydrogens (tertiary/aromatic N) is 1. The zero-order chi connectivity index (χ0) is 13.2. The minimum absolute atomic E-state index is 0.0210. The average Bonchev–Trinajstić information content (AvgIpc) is 2.60. The van der Waals surface area contributed by atoms with Crippen molar-refractivity contribution in [1.29, 1.82) is 0 Å². The minimum atomic E-state index is -0.972. The molecule has 1 rings (SSSR count). The molecule has 0 saturated heterocycles. The van der Waals surface area contributed by atoms with Gasteiger partial charge in [-0.2, -0.15) is 0 Å². The van der Waals surface area contributed by atoms with Crippen LogP contribution < -0.4 is 0 Å². The second-order valence-electron chi connectivity index (χ2n) is 4.34. The summed E-state index contributed by atoms with van der Waals surface area (Å²) in [7, 11) is 1.52. The molecule has 1 aromatic heterocycles. The fourth-order valence-corrected chi connectivity index (χ4v) is 1.54. The van der Waals surface area contributed by atoms with E-state index in [-0.39, 0.29) is 17.2 Å². The van der Waals surface area contributed by atoms with E-state index < -0.39 is 17.4 Å². The molecule has 1 N–H and O–H groups in total. The zero-order valence-corrected chi connectivity index (χ0v) is 10.6. The summed E-state index contributed by atoms with van der Waals surface area (Å²) in [6.07, 6.45) is 1.15. The summed E-state index contributed by atoms with van der Waals surface area (Å²) in [5.74, 6) is -1.39. The summed E-state index contributed by atoms with van der Waals surface area (Å²) >= 11 is 5.78. The summed E-state index contributed by atoms with van der Waals surface area (Å²) in [4.78, 5) is 24.0. The van der Waals surface area contributed by atoms with Crippen LogP contribution in [0, 0.1) is 0 Å². The van der Waals surface area contributed by atoms with E-state index in [1.807, 2.05) is 0 Å². The Morgan fingerprint density at radius 1 is 1.53 bits per heavy atom. The maximum absolute atomic E-state index is 12.0. The third-order valence-electron chi connectivity index (χ3n) is 2.61. The SMILES string of the molecule is CN(C(=O)c1occc1Cl)C(C)(C)CC(=O)O. The number of aliphatic carboxylic acids is 1. The third kappa shape index (κ3) is 3.00. The van der Waals surface area contributed by atoms with E-state index >= 15 is 0 Å². The Labute approximate surface area is 104 Å². The molecular formula is C11H14ClNO4. The van der Waals surface area contributed by atoms with Crippen molar-refractivity contribution in [3.05, 3.63) is 23.1 Å². The highest BCUT2D eigenvalue weighted by Crippen LogP contribution is 2.24. The zero-order valence-electron chi connectivity index (χ0n) is 9.86. The van der Waals surface area contributed by atoms with Crippen LogP contribution in [-0.2, 0) is 4.79 Å². The Bertz CT molecular complexity index is 438. The number of halogens is 1. The lowest BCUT2D eigenvalue weighted by Gasteiger charge is -2.33. The van der Waals surface area contributed by atoms with E-state index in [1.165, 1.54) is 24.3 Å². The molecule has 0 aliphatic heterocycles. The molecule has 94 valence electrons. The largest absolute Gasteiger partial charge is 0.481 e. The van der Waals surface area contributed by atoms with Crippen molar-refractivity contribution < 1.29 is 19.1 Å². The quantitative estimate of drug-likeness (QED) is 0.900. The number of furan rings is 1. The van der Waals surface area contributed by atoms with Crippen molar-refractivity contribution >= 4 is 23.5 Å². The molecule has 0 atom stereocenters. The molecule has 0 unspecified atom stereocenters. The molecule has 5 nitrogen and oxygen atoms in total. The van der Waals surface area contributed by atoms with Crippen LogP contribution in [0.3, 0.4) is 0 Å². The van der Waals surface area contributed by atoms with Crippen LogP contribution in [0.15, 0.2) is 16.7 Å². The molecule has 1 amide bonds. The predicted octanol–water partition coefficient (Wildman–Crippen LogP) is 2.26. The van der Waals surface area contributed by atoms with Crippen LogP contribution in [0.5, 0.6) is 0 Å². The first kappa shape index (κ1) is 13.6. The lowest BCUT2D eigenvalue weighted by atomic mass is 9.98. The number of carboxylic acid groups (broad SMARTS) is 1. The van der Waals surface area contributed by atoms with Crippen LogP contribution in [0.25, 0.3) is 0 Å². The van der Waals surface area contributed by atoms with Crippen LogP contribution in [0.2, 0.25) is 5.02 Å². The van der Waals surface area contributed by atoms with Crippen LogP contribution in [-0.4, -0.2) is 34.5 Å². The molecule has 0 radical (unpaired) electrons. The highest BCUT2D eigenvalue weighted by atomic mass is 35.5. The van der Waals surface area contributed by atoms with Crippen LogP contribution >= 0.6 is 11.6 Å². The van der Waals surface area contributed by atoms with Crippen molar-refractivity contribution in [1.82, 2.24) is 4.90 Å². The molecule has 0 fully saturated rings. The number of hydrogen-bond acceptors (Lipinski definition) is 3. The Morgan fingerprint density at radius 3 is 2.53 bits per heavy atom. The first-order valence-electron chi connectivity index (χ1n) is 4.98. The number of hydrogen-bond donors (Lipinski definition) is 1. The van der Waals surface area contributed by atoms with E-state index in [0.717, 1.165) is 0 Å². The van der Waals surface area contributed by atoms with Crippen molar-refractivity contribution in [3.8, 4) is 0 Å². The Morgan fingerprint density at radius 2 is 2.12 bits per heavy atom. The van der Waals surface area contributed by atoms with Gasteiger partial charge in [0, 0.05) is 12.6 Å². The average molecular weight is 260 g/mol. The van der Waals surface area contributed by atoms with Crippen molar-refractivity contribution in [3.63, 3.8) is 0 Å². The topological polar surface area (TPSA) is 70.8 Å². The molecule has 17 heavy (non-hydrogen) atoms. The maximum Gasteiger partial charge on any atom is 0.305 e. The van der Waals surface area contributed by atoms with Crippen LogP contribution in [0.4, 0.5) is 0 Å². The number of carbonyl (C=O) groups excluding carboxylic acids is 1. The molecule has 0 spiro atoms. The van der Waals surface area contributed by atoms with Crippen molar-refractivity contribution in [2.24, 2.45) is 0 Å². The Hall–Kier alpha value is -1.49. The maximum atomic E-state index is 12.0. The minimum Gasteiger partial charge on any atom is -0.481 e. The van der Waals surface area contributed by atoms with Crippen molar-refractivity contribution in [2.75, 3.05) is 7.05 Å². The molecular weight excluding hydrogens is 246 g/mol. The first-order chi connectivity index (χ1) is 7.75. The smallest absolute Gasteiger partial charge is 0.305 e. The summed E-state index contributed by atoms with van der Waals surface area (Å²) < 4.78 is 4.98. The lowest BCUT2D eigenvalue weighted by molar-refractivity contribution is -0.139. The molecule has 0 aliphatic rings. The van der Waals surface area contributed by atoms with Gasteiger partial charge >= 0.3 is 5.97 Å².